The van der Waals surface area contributed by atoms with Crippen LogP contribution in [-0.2, 0) is 4.79 Å². The normalized spacial score (nSPS) is 19.9. The Morgan fingerprint density at radius 1 is 1.29 bits per heavy atom. The van der Waals surface area contributed by atoms with Gasteiger partial charge in [-0.1, -0.05) is 46.0 Å². The number of carbonyl (C=O) groups is 1. The fourth-order valence-electron chi connectivity index (χ4n) is 2.45. The second kappa shape index (κ2) is 7.00. The summed E-state index contributed by atoms with van der Waals surface area (Å²) in [5.41, 5.74) is 0. The number of aliphatic hydroxyl groups excluding tert-OH is 1. The number of unbranched alkanes of at least 4 members (excludes halogenated alkanes) is 3. The molecule has 0 bridgehead atoms. The summed E-state index contributed by atoms with van der Waals surface area (Å²) >= 11 is 0. The predicted octanol–water partition coefficient (Wildman–Crippen LogP) is 2.43. The van der Waals surface area contributed by atoms with Gasteiger partial charge in [0.05, 0.1) is 0 Å². The monoisotopic (exact) mass is 241 g/mol. The van der Waals surface area contributed by atoms with Crippen molar-refractivity contribution in [3.8, 4) is 0 Å². The van der Waals surface area contributed by atoms with Crippen molar-refractivity contribution in [2.45, 2.75) is 59.0 Å². The van der Waals surface area contributed by atoms with Crippen LogP contribution in [0.5, 0.6) is 0 Å². The molecule has 0 aliphatic carbocycles. The second-order valence-corrected chi connectivity index (χ2v) is 5.51. The second-order valence-electron chi connectivity index (χ2n) is 5.51. The van der Waals surface area contributed by atoms with Crippen molar-refractivity contribution in [2.75, 3.05) is 13.1 Å². The van der Waals surface area contributed by atoms with Gasteiger partial charge >= 0.3 is 0 Å². The molecule has 0 aromatic carbocycles. The third kappa shape index (κ3) is 4.30. The molecule has 3 heteroatoms. The van der Waals surface area contributed by atoms with Crippen molar-refractivity contribution in [1.82, 2.24) is 4.90 Å². The Morgan fingerprint density at radius 3 is 2.47 bits per heavy atom. The molecule has 1 aliphatic heterocycles. The summed E-state index contributed by atoms with van der Waals surface area (Å²) in [6, 6.07) is 0. The van der Waals surface area contributed by atoms with Gasteiger partial charge in [0.25, 0.3) is 5.91 Å². The maximum atomic E-state index is 11.5. The van der Waals surface area contributed by atoms with Gasteiger partial charge in [-0.05, 0) is 18.8 Å². The highest BCUT2D eigenvalue weighted by Gasteiger charge is 2.34. The molecule has 0 saturated carbocycles. The number of aliphatic hydroxyl groups is 1. The Kier molecular flexibility index (Phi) is 5.96. The largest absolute Gasteiger partial charge is 0.384 e. The van der Waals surface area contributed by atoms with E-state index in [1.807, 2.05) is 0 Å². The SMILES string of the molecule is CCCCCCC(C)C1CN(C(=O)[C@@H](C)O)C1. The molecule has 1 amide bonds. The van der Waals surface area contributed by atoms with Crippen molar-refractivity contribution in [2.24, 2.45) is 11.8 Å². The van der Waals surface area contributed by atoms with E-state index in [9.17, 15) is 9.90 Å². The summed E-state index contributed by atoms with van der Waals surface area (Å²) in [7, 11) is 0. The van der Waals surface area contributed by atoms with Crippen LogP contribution in [0.3, 0.4) is 0 Å². The molecule has 1 N–H and O–H groups in total. The van der Waals surface area contributed by atoms with Crippen LogP contribution in [0.2, 0.25) is 0 Å². The standard InChI is InChI=1S/C14H27NO2/c1-4-5-6-7-8-11(2)13-9-15(10-13)14(17)12(3)16/h11-13,16H,4-10H2,1-3H3/t11?,12-/m1/s1. The average molecular weight is 241 g/mol. The lowest BCUT2D eigenvalue weighted by molar-refractivity contribution is -0.147. The highest BCUT2D eigenvalue weighted by molar-refractivity contribution is 5.80. The van der Waals surface area contributed by atoms with Crippen LogP contribution in [0.25, 0.3) is 0 Å². The van der Waals surface area contributed by atoms with Gasteiger partial charge < -0.3 is 10.0 Å². The summed E-state index contributed by atoms with van der Waals surface area (Å²) in [6.07, 6.45) is 5.72. The number of carbonyl (C=O) groups excluding carboxylic acids is 1. The minimum Gasteiger partial charge on any atom is -0.384 e. The molecule has 1 aliphatic rings. The van der Waals surface area contributed by atoms with Gasteiger partial charge in [-0.25, -0.2) is 0 Å². The Balaban J connectivity index is 2.12. The number of likely N-dealkylation sites (tertiary alicyclic amines) is 1. The first-order valence-corrected chi connectivity index (χ1v) is 7.03. The molecular formula is C14H27NO2. The highest BCUT2D eigenvalue weighted by Crippen LogP contribution is 2.28. The van der Waals surface area contributed by atoms with E-state index in [0.29, 0.717) is 11.8 Å². The molecule has 0 radical (unpaired) electrons. The number of amides is 1. The molecule has 17 heavy (non-hydrogen) atoms. The quantitative estimate of drug-likeness (QED) is 0.695. The molecule has 0 aromatic heterocycles. The van der Waals surface area contributed by atoms with Crippen molar-refractivity contribution in [1.29, 1.82) is 0 Å². The minimum absolute atomic E-state index is 0.112. The van der Waals surface area contributed by atoms with Crippen molar-refractivity contribution in [3.63, 3.8) is 0 Å². The first-order chi connectivity index (χ1) is 8.06. The van der Waals surface area contributed by atoms with E-state index in [1.165, 1.54) is 32.1 Å². The van der Waals surface area contributed by atoms with E-state index in [0.717, 1.165) is 13.1 Å². The summed E-state index contributed by atoms with van der Waals surface area (Å²) < 4.78 is 0. The van der Waals surface area contributed by atoms with Gasteiger partial charge in [0, 0.05) is 13.1 Å². The molecule has 100 valence electrons. The lowest BCUT2D eigenvalue weighted by Gasteiger charge is -2.43. The van der Waals surface area contributed by atoms with Gasteiger partial charge in [-0.3, -0.25) is 4.79 Å². The van der Waals surface area contributed by atoms with E-state index in [-0.39, 0.29) is 5.91 Å². The number of nitrogens with zero attached hydrogens (tertiary/aromatic N) is 1. The Bertz CT molecular complexity index is 234. The first-order valence-electron chi connectivity index (χ1n) is 7.03. The Morgan fingerprint density at radius 2 is 1.94 bits per heavy atom. The molecule has 0 aromatic rings. The third-order valence-corrected chi connectivity index (χ3v) is 3.90. The minimum atomic E-state index is -0.837. The summed E-state index contributed by atoms with van der Waals surface area (Å²) in [4.78, 5) is 13.2. The van der Waals surface area contributed by atoms with Crippen LogP contribution in [-0.4, -0.2) is 35.1 Å². The highest BCUT2D eigenvalue weighted by atomic mass is 16.3. The van der Waals surface area contributed by atoms with Gasteiger partial charge in [-0.2, -0.15) is 0 Å². The van der Waals surface area contributed by atoms with Crippen LogP contribution >= 0.6 is 0 Å². The number of hydrogen-bond acceptors (Lipinski definition) is 2. The summed E-state index contributed by atoms with van der Waals surface area (Å²) in [5.74, 6) is 1.25. The summed E-state index contributed by atoms with van der Waals surface area (Å²) in [6.45, 7) is 7.76. The van der Waals surface area contributed by atoms with Crippen LogP contribution in [0.1, 0.15) is 52.9 Å². The molecule has 1 saturated heterocycles. The first kappa shape index (κ1) is 14.5. The van der Waals surface area contributed by atoms with Crippen LogP contribution in [0.4, 0.5) is 0 Å². The van der Waals surface area contributed by atoms with Gasteiger partial charge in [0.2, 0.25) is 0 Å². The molecular weight excluding hydrogens is 214 g/mol. The number of rotatable bonds is 7. The van der Waals surface area contributed by atoms with Crippen LogP contribution in [0, 0.1) is 11.8 Å². The topological polar surface area (TPSA) is 40.5 Å². The molecule has 1 rings (SSSR count). The fourth-order valence-corrected chi connectivity index (χ4v) is 2.45. The van der Waals surface area contributed by atoms with Crippen LogP contribution in [0.15, 0.2) is 0 Å². The fraction of sp³-hybridized carbons (Fsp3) is 0.929. The van der Waals surface area contributed by atoms with E-state index < -0.39 is 6.10 Å². The van der Waals surface area contributed by atoms with Gasteiger partial charge in [-0.15, -0.1) is 0 Å². The lowest BCUT2D eigenvalue weighted by atomic mass is 9.83. The third-order valence-electron chi connectivity index (χ3n) is 3.90. The van der Waals surface area contributed by atoms with Gasteiger partial charge in [0.1, 0.15) is 6.10 Å². The number of hydrogen-bond donors (Lipinski definition) is 1. The van der Waals surface area contributed by atoms with Crippen molar-refractivity contribution in [3.05, 3.63) is 0 Å². The van der Waals surface area contributed by atoms with E-state index in [1.54, 1.807) is 11.8 Å². The van der Waals surface area contributed by atoms with Crippen molar-refractivity contribution >= 4 is 5.91 Å². The molecule has 1 heterocycles. The molecule has 1 unspecified atom stereocenters. The Labute approximate surface area is 105 Å². The maximum absolute atomic E-state index is 11.5. The molecule has 2 atom stereocenters. The predicted molar refractivity (Wildman–Crippen MR) is 69.7 cm³/mol. The maximum Gasteiger partial charge on any atom is 0.251 e. The van der Waals surface area contributed by atoms with E-state index >= 15 is 0 Å². The van der Waals surface area contributed by atoms with E-state index in [4.69, 9.17) is 0 Å². The van der Waals surface area contributed by atoms with E-state index in [2.05, 4.69) is 13.8 Å². The zero-order valence-corrected chi connectivity index (χ0v) is 11.5. The van der Waals surface area contributed by atoms with Gasteiger partial charge in [0.15, 0.2) is 0 Å². The molecule has 3 nitrogen and oxygen atoms in total. The molecule has 0 spiro atoms. The zero-order valence-electron chi connectivity index (χ0n) is 11.5. The smallest absolute Gasteiger partial charge is 0.251 e. The summed E-state index contributed by atoms with van der Waals surface area (Å²) in [5, 5.41) is 9.19. The van der Waals surface area contributed by atoms with Crippen LogP contribution < -0.4 is 0 Å². The zero-order chi connectivity index (χ0) is 12.8. The average Bonchev–Trinajstić information content (AvgIpc) is 2.22. The van der Waals surface area contributed by atoms with Crippen molar-refractivity contribution < 1.29 is 9.90 Å². The Hall–Kier alpha value is -0.570. The molecule has 1 fully saturated rings. The lowest BCUT2D eigenvalue weighted by Crippen LogP contribution is -2.54.